The van der Waals surface area contributed by atoms with E-state index in [9.17, 15) is 40.6 Å². The van der Waals surface area contributed by atoms with Crippen LogP contribution in [0, 0.1) is 12.7 Å². The topological polar surface area (TPSA) is 68.7 Å². The van der Waals surface area contributed by atoms with Crippen molar-refractivity contribution in [2.75, 3.05) is 6.61 Å². The SMILES string of the molecule is Cc1ccc(-c2c(F)c(C(=O)O)cc(Cl)c2Oc2cnc(OCC(F)(F)C(F)F)c(C(F)(F)F)c2)cc1. The molecule has 1 heterocycles. The van der Waals surface area contributed by atoms with Gasteiger partial charge in [-0.25, -0.2) is 22.9 Å². The number of alkyl halides is 7. The second kappa shape index (κ2) is 10.4. The average molecular weight is 556 g/mol. The number of hydrogen-bond donors (Lipinski definition) is 1. The van der Waals surface area contributed by atoms with E-state index in [2.05, 4.69) is 9.72 Å². The molecule has 5 nitrogen and oxygen atoms in total. The molecular formula is C23H14ClF8NO4. The third kappa shape index (κ3) is 6.21. The van der Waals surface area contributed by atoms with Gasteiger partial charge in [0.15, 0.2) is 12.4 Å². The van der Waals surface area contributed by atoms with Crippen LogP contribution < -0.4 is 9.47 Å². The highest BCUT2D eigenvalue weighted by Crippen LogP contribution is 2.44. The molecule has 0 saturated carbocycles. The van der Waals surface area contributed by atoms with Crippen molar-refractivity contribution in [1.29, 1.82) is 0 Å². The number of halogens is 9. The van der Waals surface area contributed by atoms with Gasteiger partial charge in [0.05, 0.1) is 22.3 Å². The minimum atomic E-state index is -5.26. The number of pyridine rings is 1. The molecule has 0 fully saturated rings. The summed E-state index contributed by atoms with van der Waals surface area (Å²) in [4.78, 5) is 14.7. The van der Waals surface area contributed by atoms with Crippen LogP contribution in [0.15, 0.2) is 42.6 Å². The van der Waals surface area contributed by atoms with Gasteiger partial charge in [-0.3, -0.25) is 0 Å². The van der Waals surface area contributed by atoms with Crippen molar-refractivity contribution in [1.82, 2.24) is 4.98 Å². The predicted octanol–water partition coefficient (Wildman–Crippen LogP) is 7.64. The monoisotopic (exact) mass is 555 g/mol. The second-order valence-corrected chi connectivity index (χ2v) is 7.98. The van der Waals surface area contributed by atoms with Crippen molar-refractivity contribution in [2.24, 2.45) is 0 Å². The molecule has 3 rings (SSSR count). The van der Waals surface area contributed by atoms with Crippen LogP contribution in [0.4, 0.5) is 35.1 Å². The van der Waals surface area contributed by atoms with E-state index in [1.54, 1.807) is 19.1 Å². The molecule has 0 spiro atoms. The summed E-state index contributed by atoms with van der Waals surface area (Å²) in [5.74, 6) is -10.5. The number of carbonyl (C=O) groups is 1. The molecule has 0 amide bonds. The van der Waals surface area contributed by atoms with E-state index in [1.165, 1.54) is 12.1 Å². The number of ether oxygens (including phenoxy) is 2. The zero-order valence-electron chi connectivity index (χ0n) is 18.3. The first-order chi connectivity index (χ1) is 17.1. The summed E-state index contributed by atoms with van der Waals surface area (Å²) >= 11 is 6.10. The van der Waals surface area contributed by atoms with Crippen molar-refractivity contribution in [3.05, 3.63) is 70.1 Å². The van der Waals surface area contributed by atoms with Crippen LogP contribution in [0.3, 0.4) is 0 Å². The molecule has 0 bridgehead atoms. The van der Waals surface area contributed by atoms with Crippen LogP contribution in [-0.4, -0.2) is 35.0 Å². The molecule has 0 aliphatic rings. The fourth-order valence-corrected chi connectivity index (χ4v) is 3.24. The molecule has 0 saturated heterocycles. The maximum absolute atomic E-state index is 15.2. The maximum atomic E-state index is 15.2. The van der Waals surface area contributed by atoms with Crippen LogP contribution in [0.5, 0.6) is 17.4 Å². The van der Waals surface area contributed by atoms with Gasteiger partial charge in [0.25, 0.3) is 0 Å². The largest absolute Gasteiger partial charge is 0.478 e. The van der Waals surface area contributed by atoms with E-state index >= 15 is 4.39 Å². The van der Waals surface area contributed by atoms with Gasteiger partial charge < -0.3 is 14.6 Å². The second-order valence-electron chi connectivity index (χ2n) is 7.57. The standard InChI is InChI=1S/C23H14ClF8NO4/c1-10-2-4-11(5-3-10)16-17(25)13(20(34)35)7-15(24)18(16)37-12-6-14(23(30,31)32)19(33-8-12)36-9-22(28,29)21(26)27/h2-8,21H,9H2,1H3,(H,34,35). The number of nitrogens with zero attached hydrogens (tertiary/aromatic N) is 1. The Morgan fingerprint density at radius 2 is 1.73 bits per heavy atom. The molecule has 0 aliphatic heterocycles. The first-order valence-electron chi connectivity index (χ1n) is 9.98. The highest BCUT2D eigenvalue weighted by molar-refractivity contribution is 6.33. The number of benzene rings is 2. The Labute approximate surface area is 208 Å². The molecule has 3 aromatic rings. The van der Waals surface area contributed by atoms with Crippen LogP contribution in [-0.2, 0) is 6.18 Å². The number of carboxylic acid groups (broad SMARTS) is 1. The Bertz CT molecular complexity index is 1310. The highest BCUT2D eigenvalue weighted by atomic mass is 35.5. The quantitative estimate of drug-likeness (QED) is 0.289. The summed E-state index contributed by atoms with van der Waals surface area (Å²) in [5.41, 5.74) is -2.27. The number of carboxylic acids is 1. The molecule has 0 atom stereocenters. The lowest BCUT2D eigenvalue weighted by molar-refractivity contribution is -0.154. The van der Waals surface area contributed by atoms with Gasteiger partial charge in [0.2, 0.25) is 5.88 Å². The summed E-state index contributed by atoms with van der Waals surface area (Å²) in [6.45, 7) is -0.379. The van der Waals surface area contributed by atoms with E-state index in [-0.39, 0.29) is 11.6 Å². The van der Waals surface area contributed by atoms with Gasteiger partial charge in [-0.05, 0) is 18.6 Å². The maximum Gasteiger partial charge on any atom is 0.421 e. The smallest absolute Gasteiger partial charge is 0.421 e. The van der Waals surface area contributed by atoms with Gasteiger partial charge in [0, 0.05) is 6.07 Å². The minimum Gasteiger partial charge on any atom is -0.478 e. The third-order valence-electron chi connectivity index (χ3n) is 4.81. The molecule has 1 N–H and O–H groups in total. The Kier molecular flexibility index (Phi) is 7.86. The number of aromatic nitrogens is 1. The summed E-state index contributed by atoms with van der Waals surface area (Å²) < 4.78 is 116. The van der Waals surface area contributed by atoms with E-state index in [1.807, 2.05) is 0 Å². The normalized spacial score (nSPS) is 12.1. The van der Waals surface area contributed by atoms with E-state index < -0.39 is 76.0 Å². The van der Waals surface area contributed by atoms with E-state index in [0.717, 1.165) is 5.56 Å². The Hall–Kier alpha value is -3.61. The van der Waals surface area contributed by atoms with Gasteiger partial charge in [0.1, 0.15) is 17.1 Å². The lowest BCUT2D eigenvalue weighted by atomic mass is 9.99. The summed E-state index contributed by atoms with van der Waals surface area (Å²) in [7, 11) is 0. The zero-order valence-corrected chi connectivity index (χ0v) is 19.1. The van der Waals surface area contributed by atoms with Crippen molar-refractivity contribution in [3.8, 4) is 28.5 Å². The van der Waals surface area contributed by atoms with E-state index in [0.29, 0.717) is 12.3 Å². The minimum absolute atomic E-state index is 0.0706. The molecule has 0 aliphatic carbocycles. The molecule has 198 valence electrons. The molecule has 37 heavy (non-hydrogen) atoms. The number of rotatable bonds is 8. The average Bonchev–Trinajstić information content (AvgIpc) is 2.80. The van der Waals surface area contributed by atoms with Crippen molar-refractivity contribution >= 4 is 17.6 Å². The highest BCUT2D eigenvalue weighted by Gasteiger charge is 2.43. The summed E-state index contributed by atoms with van der Waals surface area (Å²) in [5, 5.41) is 8.81. The molecule has 1 aromatic heterocycles. The number of hydrogen-bond acceptors (Lipinski definition) is 4. The predicted molar refractivity (Wildman–Crippen MR) is 114 cm³/mol. The van der Waals surface area contributed by atoms with Crippen LogP contribution in [0.2, 0.25) is 5.02 Å². The van der Waals surface area contributed by atoms with Gasteiger partial charge in [-0.2, -0.15) is 22.0 Å². The Morgan fingerprint density at radius 3 is 2.27 bits per heavy atom. The lowest BCUT2D eigenvalue weighted by Gasteiger charge is -2.19. The zero-order chi connectivity index (χ0) is 27.7. The van der Waals surface area contributed by atoms with E-state index in [4.69, 9.17) is 16.3 Å². The van der Waals surface area contributed by atoms with Crippen LogP contribution in [0.1, 0.15) is 21.5 Å². The van der Waals surface area contributed by atoms with Crippen molar-refractivity contribution in [3.63, 3.8) is 0 Å². The van der Waals surface area contributed by atoms with Crippen LogP contribution in [0.25, 0.3) is 11.1 Å². The third-order valence-corrected chi connectivity index (χ3v) is 5.09. The van der Waals surface area contributed by atoms with Gasteiger partial charge in [-0.15, -0.1) is 0 Å². The molecule has 14 heteroatoms. The molecule has 0 unspecified atom stereocenters. The first-order valence-corrected chi connectivity index (χ1v) is 10.4. The summed E-state index contributed by atoms with van der Waals surface area (Å²) in [6, 6.07) is 6.81. The number of aromatic carboxylic acids is 1. The fraction of sp³-hybridized carbons (Fsp3) is 0.217. The first kappa shape index (κ1) is 28.0. The fourth-order valence-electron chi connectivity index (χ4n) is 3.00. The molecular weight excluding hydrogens is 542 g/mol. The molecule has 2 aromatic carbocycles. The Balaban J connectivity index is 2.10. The van der Waals surface area contributed by atoms with Gasteiger partial charge in [-0.1, -0.05) is 41.4 Å². The number of aryl methyl sites for hydroxylation is 1. The van der Waals surface area contributed by atoms with Crippen LogP contribution >= 0.6 is 11.6 Å². The van der Waals surface area contributed by atoms with Crippen molar-refractivity contribution in [2.45, 2.75) is 25.4 Å². The van der Waals surface area contributed by atoms with Crippen molar-refractivity contribution < 1.29 is 54.5 Å². The Morgan fingerprint density at radius 1 is 1.11 bits per heavy atom. The lowest BCUT2D eigenvalue weighted by Crippen LogP contribution is -2.34. The summed E-state index contributed by atoms with van der Waals surface area (Å²) in [6.07, 6.45) is -8.89. The van der Waals surface area contributed by atoms with Gasteiger partial charge >= 0.3 is 24.5 Å². The molecule has 0 radical (unpaired) electrons.